The third-order valence-electron chi connectivity index (χ3n) is 4.64. The fraction of sp³-hybridized carbons (Fsp3) is 0.556. The van der Waals surface area contributed by atoms with Crippen LogP contribution in [0.25, 0.3) is 0 Å². The summed E-state index contributed by atoms with van der Waals surface area (Å²) in [5, 5.41) is 8.81. The van der Waals surface area contributed by atoms with Gasteiger partial charge >= 0.3 is 0 Å². The van der Waals surface area contributed by atoms with E-state index in [4.69, 9.17) is 10.00 Å². The average Bonchev–Trinajstić information content (AvgIpc) is 3.43. The lowest BCUT2D eigenvalue weighted by atomic mass is 10.1. The first-order valence-corrected chi connectivity index (χ1v) is 8.43. The van der Waals surface area contributed by atoms with E-state index in [1.807, 2.05) is 11.0 Å². The number of hydrogen-bond donors (Lipinski definition) is 0. The second kappa shape index (κ2) is 7.18. The minimum absolute atomic E-state index is 0.00982. The molecule has 1 unspecified atom stereocenters. The maximum Gasteiger partial charge on any atom is 0.251 e. The van der Waals surface area contributed by atoms with E-state index < -0.39 is 11.9 Å². The Hall–Kier alpha value is -2.13. The molecule has 2 aliphatic rings. The smallest absolute Gasteiger partial charge is 0.251 e. The number of carbonyl (C=O) groups is 1. The number of amides is 1. The van der Waals surface area contributed by atoms with Gasteiger partial charge in [-0.1, -0.05) is 0 Å². The molecule has 24 heavy (non-hydrogen) atoms. The van der Waals surface area contributed by atoms with E-state index in [0.717, 1.165) is 0 Å². The highest BCUT2D eigenvalue weighted by molar-refractivity contribution is 5.80. The van der Waals surface area contributed by atoms with Crippen LogP contribution in [0.15, 0.2) is 18.2 Å². The molecule has 1 saturated heterocycles. The van der Waals surface area contributed by atoms with Gasteiger partial charge < -0.3 is 14.5 Å². The summed E-state index contributed by atoms with van der Waals surface area (Å²) < 4.78 is 19.7. The van der Waals surface area contributed by atoms with Crippen molar-refractivity contribution >= 4 is 11.6 Å². The van der Waals surface area contributed by atoms with Gasteiger partial charge in [0.05, 0.1) is 23.9 Å². The van der Waals surface area contributed by atoms with E-state index in [1.165, 1.54) is 18.9 Å². The van der Waals surface area contributed by atoms with Crippen LogP contribution in [0.1, 0.15) is 25.3 Å². The summed E-state index contributed by atoms with van der Waals surface area (Å²) in [4.78, 5) is 16.1. The molecule has 0 N–H and O–H groups in total. The van der Waals surface area contributed by atoms with Crippen LogP contribution >= 0.6 is 0 Å². The molecule has 2 fully saturated rings. The van der Waals surface area contributed by atoms with Gasteiger partial charge in [-0.3, -0.25) is 4.79 Å². The second-order valence-electron chi connectivity index (χ2n) is 6.51. The maximum absolute atomic E-state index is 14.1. The first-order chi connectivity index (χ1) is 11.6. The van der Waals surface area contributed by atoms with Crippen LogP contribution in [-0.4, -0.2) is 49.7 Å². The van der Waals surface area contributed by atoms with Crippen LogP contribution in [0.2, 0.25) is 0 Å². The molecule has 3 rings (SSSR count). The molecule has 128 valence electrons. The first kappa shape index (κ1) is 16.7. The molecule has 1 saturated carbocycles. The lowest BCUT2D eigenvalue weighted by Gasteiger charge is -2.37. The number of anilines is 1. The number of piperazine rings is 1. The molecule has 1 heterocycles. The Kier molecular flexibility index (Phi) is 5.00. The summed E-state index contributed by atoms with van der Waals surface area (Å²) in [5.74, 6) is 0.252. The number of ether oxygens (including phenoxy) is 1. The zero-order chi connectivity index (χ0) is 17.1. The van der Waals surface area contributed by atoms with Gasteiger partial charge in [0.15, 0.2) is 0 Å². The summed E-state index contributed by atoms with van der Waals surface area (Å²) in [6, 6.07) is 6.43. The number of nitrogens with zero attached hydrogens (tertiary/aromatic N) is 3. The van der Waals surface area contributed by atoms with E-state index in [9.17, 15) is 9.18 Å². The molecular formula is C18H22FN3O2. The van der Waals surface area contributed by atoms with Crippen molar-refractivity contribution in [3.05, 3.63) is 29.6 Å². The SMILES string of the molecule is CC(OCC1CC1)C(=O)N1CCN(c2ccc(C#N)cc2F)CC1. The van der Waals surface area contributed by atoms with Gasteiger partial charge in [0.2, 0.25) is 0 Å². The molecular weight excluding hydrogens is 309 g/mol. The van der Waals surface area contributed by atoms with E-state index in [0.29, 0.717) is 50.0 Å². The molecule has 0 aromatic heterocycles. The molecule has 1 aromatic rings. The zero-order valence-corrected chi connectivity index (χ0v) is 13.9. The van der Waals surface area contributed by atoms with Crippen molar-refractivity contribution < 1.29 is 13.9 Å². The van der Waals surface area contributed by atoms with Crippen LogP contribution < -0.4 is 4.90 Å². The maximum atomic E-state index is 14.1. The Morgan fingerprint density at radius 2 is 2.08 bits per heavy atom. The monoisotopic (exact) mass is 331 g/mol. The number of nitriles is 1. The fourth-order valence-corrected chi connectivity index (χ4v) is 2.89. The lowest BCUT2D eigenvalue weighted by Crippen LogP contribution is -2.51. The van der Waals surface area contributed by atoms with E-state index in [1.54, 1.807) is 24.0 Å². The molecule has 1 atom stereocenters. The first-order valence-electron chi connectivity index (χ1n) is 8.43. The standard InChI is InChI=1S/C18H22FN3O2/c1-13(24-12-14-2-3-14)18(23)22-8-6-21(7-9-22)17-5-4-15(11-20)10-16(17)19/h4-5,10,13-14H,2-3,6-9,12H2,1H3. The van der Waals surface area contributed by atoms with E-state index >= 15 is 0 Å². The Morgan fingerprint density at radius 3 is 2.67 bits per heavy atom. The Bertz CT molecular complexity index is 646. The minimum atomic E-state index is -0.413. The van der Waals surface area contributed by atoms with Crippen molar-refractivity contribution in [2.45, 2.75) is 25.9 Å². The highest BCUT2D eigenvalue weighted by Crippen LogP contribution is 2.29. The molecule has 1 amide bonds. The molecule has 1 aliphatic heterocycles. The number of halogens is 1. The molecule has 0 radical (unpaired) electrons. The second-order valence-corrected chi connectivity index (χ2v) is 6.51. The van der Waals surface area contributed by atoms with Gasteiger partial charge in [0.25, 0.3) is 5.91 Å². The van der Waals surface area contributed by atoms with Crippen molar-refractivity contribution in [3.8, 4) is 6.07 Å². The number of hydrogen-bond acceptors (Lipinski definition) is 4. The number of benzene rings is 1. The van der Waals surface area contributed by atoms with E-state index in [2.05, 4.69) is 0 Å². The topological polar surface area (TPSA) is 56.6 Å². The van der Waals surface area contributed by atoms with Crippen LogP contribution in [0.3, 0.4) is 0 Å². The van der Waals surface area contributed by atoms with Crippen molar-refractivity contribution in [2.24, 2.45) is 5.92 Å². The van der Waals surface area contributed by atoms with Crippen molar-refractivity contribution in [1.82, 2.24) is 4.90 Å². The summed E-state index contributed by atoms with van der Waals surface area (Å²) >= 11 is 0. The largest absolute Gasteiger partial charge is 0.368 e. The van der Waals surface area contributed by atoms with Gasteiger partial charge in [0, 0.05) is 26.2 Å². The molecule has 6 heteroatoms. The molecule has 0 spiro atoms. The van der Waals surface area contributed by atoms with Gasteiger partial charge in [-0.05, 0) is 43.9 Å². The highest BCUT2D eigenvalue weighted by atomic mass is 19.1. The van der Waals surface area contributed by atoms with Crippen LogP contribution in [0, 0.1) is 23.1 Å². The third-order valence-corrected chi connectivity index (χ3v) is 4.64. The van der Waals surface area contributed by atoms with Gasteiger partial charge in [-0.25, -0.2) is 4.39 Å². The molecule has 1 aromatic carbocycles. The predicted molar refractivity (Wildman–Crippen MR) is 88.0 cm³/mol. The summed E-state index contributed by atoms with van der Waals surface area (Å²) in [6.45, 7) is 4.72. The number of rotatable bonds is 5. The van der Waals surface area contributed by atoms with E-state index in [-0.39, 0.29) is 5.91 Å². The van der Waals surface area contributed by atoms with Crippen molar-refractivity contribution in [1.29, 1.82) is 5.26 Å². The molecule has 5 nitrogen and oxygen atoms in total. The molecule has 0 bridgehead atoms. The highest BCUT2D eigenvalue weighted by Gasteiger charge is 2.28. The Balaban J connectivity index is 1.53. The fourth-order valence-electron chi connectivity index (χ4n) is 2.89. The summed E-state index contributed by atoms with van der Waals surface area (Å²) in [6.07, 6.45) is 2.00. The minimum Gasteiger partial charge on any atom is -0.368 e. The third kappa shape index (κ3) is 3.85. The lowest BCUT2D eigenvalue weighted by molar-refractivity contribution is -0.143. The molecule has 1 aliphatic carbocycles. The Morgan fingerprint density at radius 1 is 1.38 bits per heavy atom. The van der Waals surface area contributed by atoms with Crippen LogP contribution in [0.5, 0.6) is 0 Å². The summed E-state index contributed by atoms with van der Waals surface area (Å²) in [7, 11) is 0. The number of carbonyl (C=O) groups excluding carboxylic acids is 1. The van der Waals surface area contributed by atoms with Crippen molar-refractivity contribution in [3.63, 3.8) is 0 Å². The van der Waals surface area contributed by atoms with Crippen molar-refractivity contribution in [2.75, 3.05) is 37.7 Å². The van der Waals surface area contributed by atoms with Gasteiger partial charge in [0.1, 0.15) is 11.9 Å². The summed E-state index contributed by atoms with van der Waals surface area (Å²) in [5.41, 5.74) is 0.797. The average molecular weight is 331 g/mol. The van der Waals surface area contributed by atoms with Crippen LogP contribution in [0.4, 0.5) is 10.1 Å². The Labute approximate surface area is 141 Å². The van der Waals surface area contributed by atoms with Gasteiger partial charge in [-0.2, -0.15) is 5.26 Å². The zero-order valence-electron chi connectivity index (χ0n) is 13.9. The quantitative estimate of drug-likeness (QED) is 0.830. The van der Waals surface area contributed by atoms with Gasteiger partial charge in [-0.15, -0.1) is 0 Å². The normalized spacial score (nSPS) is 19.0. The predicted octanol–water partition coefficient (Wildman–Crippen LogP) is 2.16. The van der Waals surface area contributed by atoms with Crippen LogP contribution in [-0.2, 0) is 9.53 Å².